The van der Waals surface area contributed by atoms with Crippen molar-refractivity contribution in [1.29, 1.82) is 0 Å². The molecular weight excluding hydrogens is 283 g/mol. The summed E-state index contributed by atoms with van der Waals surface area (Å²) >= 11 is 12.8. The molecule has 88 valence electrons. The van der Waals surface area contributed by atoms with E-state index in [0.29, 0.717) is 5.13 Å². The van der Waals surface area contributed by atoms with Crippen LogP contribution < -0.4 is 5.32 Å². The molecule has 0 aliphatic rings. The molecule has 2 rings (SSSR count). The van der Waals surface area contributed by atoms with Crippen LogP contribution in [0.2, 0.25) is 10.3 Å². The molecule has 0 radical (unpaired) electrons. The van der Waals surface area contributed by atoms with Gasteiger partial charge in [0, 0.05) is 11.1 Å². The maximum Gasteiger partial charge on any atom is 0.260 e. The molecule has 0 spiro atoms. The second kappa shape index (κ2) is 4.95. The summed E-state index contributed by atoms with van der Waals surface area (Å²) in [5.41, 5.74) is 0.166. The Hall–Kier alpha value is -1.24. The van der Waals surface area contributed by atoms with Crippen molar-refractivity contribution in [3.05, 3.63) is 33.0 Å². The minimum Gasteiger partial charge on any atom is -0.298 e. The van der Waals surface area contributed by atoms with Crippen LogP contribution in [0.15, 0.2) is 12.3 Å². The first-order valence-corrected chi connectivity index (χ1v) is 6.06. The van der Waals surface area contributed by atoms with Crippen molar-refractivity contribution < 1.29 is 4.79 Å². The number of carbonyl (C=O) groups is 1. The fourth-order valence-electron chi connectivity index (χ4n) is 1.09. The summed E-state index contributed by atoms with van der Waals surface area (Å²) in [7, 11) is 0. The third-order valence-corrected chi connectivity index (χ3v) is 3.10. The highest BCUT2D eigenvalue weighted by molar-refractivity contribution is 7.15. The lowest BCUT2D eigenvalue weighted by Gasteiger charge is -2.02. The van der Waals surface area contributed by atoms with Crippen LogP contribution in [0.5, 0.6) is 0 Å². The predicted octanol–water partition coefficient (Wildman–Crippen LogP) is 2.80. The molecule has 0 saturated carbocycles. The Morgan fingerprint density at radius 3 is 2.82 bits per heavy atom. The Labute approximate surface area is 111 Å². The number of anilines is 1. The van der Waals surface area contributed by atoms with Crippen LogP contribution in [-0.4, -0.2) is 21.1 Å². The minimum absolute atomic E-state index is 0.000165. The van der Waals surface area contributed by atoms with Gasteiger partial charge in [0.15, 0.2) is 15.4 Å². The minimum atomic E-state index is -0.416. The summed E-state index contributed by atoms with van der Waals surface area (Å²) in [6.45, 7) is 1.89. The number of amides is 1. The van der Waals surface area contributed by atoms with E-state index in [4.69, 9.17) is 23.2 Å². The molecule has 0 unspecified atom stereocenters. The predicted molar refractivity (Wildman–Crippen MR) is 66.9 cm³/mol. The smallest absolute Gasteiger partial charge is 0.260 e. The number of carbonyl (C=O) groups excluding carboxylic acids is 1. The molecule has 0 aliphatic carbocycles. The van der Waals surface area contributed by atoms with Gasteiger partial charge in [-0.1, -0.05) is 23.2 Å². The maximum atomic E-state index is 11.8. The van der Waals surface area contributed by atoms with E-state index in [2.05, 4.69) is 20.5 Å². The summed E-state index contributed by atoms with van der Waals surface area (Å²) < 4.78 is 0. The first-order valence-electron chi connectivity index (χ1n) is 4.49. The zero-order valence-corrected chi connectivity index (χ0v) is 10.9. The van der Waals surface area contributed by atoms with Gasteiger partial charge in [-0.3, -0.25) is 10.1 Å². The van der Waals surface area contributed by atoms with Crippen molar-refractivity contribution in [1.82, 2.24) is 15.2 Å². The molecule has 2 aromatic heterocycles. The molecule has 1 amide bonds. The van der Waals surface area contributed by atoms with Gasteiger partial charge in [-0.2, -0.15) is 0 Å². The van der Waals surface area contributed by atoms with Crippen molar-refractivity contribution in [2.45, 2.75) is 6.92 Å². The van der Waals surface area contributed by atoms with Crippen LogP contribution in [0, 0.1) is 6.92 Å². The largest absolute Gasteiger partial charge is 0.298 e. The van der Waals surface area contributed by atoms with Gasteiger partial charge in [0.1, 0.15) is 0 Å². The topological polar surface area (TPSA) is 67.8 Å². The molecule has 0 atom stereocenters. The number of aryl methyl sites for hydroxylation is 1. The zero-order valence-electron chi connectivity index (χ0n) is 8.57. The standard InChI is InChI=1S/C9H6Cl2N4OS/c1-4-3-12-9(17-4)13-8(16)5-2-6(10)14-15-7(5)11/h2-3H,1H3,(H,12,13,16). The Morgan fingerprint density at radius 1 is 1.41 bits per heavy atom. The normalized spacial score (nSPS) is 10.3. The van der Waals surface area contributed by atoms with Crippen LogP contribution in [-0.2, 0) is 0 Å². The van der Waals surface area contributed by atoms with Crippen LogP contribution in [0.3, 0.4) is 0 Å². The third-order valence-electron chi connectivity index (χ3n) is 1.81. The third kappa shape index (κ3) is 2.91. The number of halogens is 2. The summed E-state index contributed by atoms with van der Waals surface area (Å²) in [6, 6.07) is 1.35. The maximum absolute atomic E-state index is 11.8. The molecule has 2 aromatic rings. The van der Waals surface area contributed by atoms with Crippen molar-refractivity contribution in [2.75, 3.05) is 5.32 Å². The highest BCUT2D eigenvalue weighted by Gasteiger charge is 2.14. The number of nitrogens with zero attached hydrogens (tertiary/aromatic N) is 3. The average Bonchev–Trinajstić information content (AvgIpc) is 2.67. The number of nitrogens with one attached hydrogen (secondary N) is 1. The molecular formula is C9H6Cl2N4OS. The van der Waals surface area contributed by atoms with Crippen molar-refractivity contribution in [2.24, 2.45) is 0 Å². The zero-order chi connectivity index (χ0) is 12.4. The van der Waals surface area contributed by atoms with Gasteiger partial charge < -0.3 is 0 Å². The van der Waals surface area contributed by atoms with E-state index in [9.17, 15) is 4.79 Å². The van der Waals surface area contributed by atoms with Gasteiger partial charge in [-0.25, -0.2) is 4.98 Å². The summed E-state index contributed by atoms with van der Waals surface area (Å²) in [4.78, 5) is 16.8. The van der Waals surface area contributed by atoms with Gasteiger partial charge in [-0.15, -0.1) is 21.5 Å². The van der Waals surface area contributed by atoms with E-state index in [1.807, 2.05) is 6.92 Å². The van der Waals surface area contributed by atoms with E-state index in [1.165, 1.54) is 17.4 Å². The number of rotatable bonds is 2. The molecule has 5 nitrogen and oxygen atoms in total. The Morgan fingerprint density at radius 2 is 2.18 bits per heavy atom. The quantitative estimate of drug-likeness (QED) is 0.923. The number of aromatic nitrogens is 3. The molecule has 17 heavy (non-hydrogen) atoms. The van der Waals surface area contributed by atoms with Crippen molar-refractivity contribution >= 4 is 45.6 Å². The van der Waals surface area contributed by atoms with Gasteiger partial charge in [-0.05, 0) is 13.0 Å². The van der Waals surface area contributed by atoms with Gasteiger partial charge in [0.2, 0.25) is 0 Å². The summed E-state index contributed by atoms with van der Waals surface area (Å²) in [5.74, 6) is -0.416. The summed E-state index contributed by atoms with van der Waals surface area (Å²) in [6.07, 6.45) is 1.67. The van der Waals surface area contributed by atoms with E-state index in [0.717, 1.165) is 4.88 Å². The van der Waals surface area contributed by atoms with E-state index >= 15 is 0 Å². The van der Waals surface area contributed by atoms with E-state index in [1.54, 1.807) is 6.20 Å². The molecule has 0 aromatic carbocycles. The fourth-order valence-corrected chi connectivity index (χ4v) is 2.07. The van der Waals surface area contributed by atoms with Crippen LogP contribution in [0.25, 0.3) is 0 Å². The highest BCUT2D eigenvalue weighted by Crippen LogP contribution is 2.20. The van der Waals surface area contributed by atoms with Gasteiger partial charge >= 0.3 is 0 Å². The Balaban J connectivity index is 2.22. The van der Waals surface area contributed by atoms with Crippen molar-refractivity contribution in [3.63, 3.8) is 0 Å². The molecule has 0 saturated heterocycles. The second-order valence-electron chi connectivity index (χ2n) is 3.10. The van der Waals surface area contributed by atoms with E-state index < -0.39 is 5.91 Å². The average molecular weight is 289 g/mol. The lowest BCUT2D eigenvalue weighted by molar-refractivity contribution is 0.102. The molecule has 1 N–H and O–H groups in total. The lowest BCUT2D eigenvalue weighted by atomic mass is 10.3. The lowest BCUT2D eigenvalue weighted by Crippen LogP contribution is -2.13. The number of hydrogen-bond donors (Lipinski definition) is 1. The second-order valence-corrected chi connectivity index (χ2v) is 5.08. The fraction of sp³-hybridized carbons (Fsp3) is 0.111. The molecule has 8 heteroatoms. The number of thiazole rings is 1. The van der Waals surface area contributed by atoms with Crippen LogP contribution >= 0.6 is 34.5 Å². The Bertz CT molecular complexity index is 572. The monoisotopic (exact) mass is 288 g/mol. The van der Waals surface area contributed by atoms with Gasteiger partial charge in [0.05, 0.1) is 5.56 Å². The summed E-state index contributed by atoms with van der Waals surface area (Å²) in [5, 5.41) is 10.3. The first kappa shape index (κ1) is 12.2. The van der Waals surface area contributed by atoms with Crippen LogP contribution in [0.1, 0.15) is 15.2 Å². The SMILES string of the molecule is Cc1cnc(NC(=O)c2cc(Cl)nnc2Cl)s1. The van der Waals surface area contributed by atoms with Gasteiger partial charge in [0.25, 0.3) is 5.91 Å². The van der Waals surface area contributed by atoms with E-state index in [-0.39, 0.29) is 15.9 Å². The van der Waals surface area contributed by atoms with Crippen molar-refractivity contribution in [3.8, 4) is 0 Å². The number of hydrogen-bond acceptors (Lipinski definition) is 5. The first-order chi connectivity index (χ1) is 8.06. The molecule has 2 heterocycles. The Kier molecular flexibility index (Phi) is 3.56. The molecule has 0 aliphatic heterocycles. The van der Waals surface area contributed by atoms with Crippen LogP contribution in [0.4, 0.5) is 5.13 Å². The molecule has 0 fully saturated rings. The molecule has 0 bridgehead atoms. The highest BCUT2D eigenvalue weighted by atomic mass is 35.5.